The quantitative estimate of drug-likeness (QED) is 0.702. The molecule has 88 valence electrons. The summed E-state index contributed by atoms with van der Waals surface area (Å²) in [4.78, 5) is 4.96. The summed E-state index contributed by atoms with van der Waals surface area (Å²) in [7, 11) is 2.21. The topological polar surface area (TPSA) is 32.5 Å². The molecule has 1 fully saturated rings. The molecule has 1 heterocycles. The Labute approximate surface area is 93.9 Å². The smallest absolute Gasteiger partial charge is 0.0232 e. The minimum absolute atomic E-state index is 0.611. The van der Waals surface area contributed by atoms with Gasteiger partial charge in [-0.2, -0.15) is 0 Å². The summed E-state index contributed by atoms with van der Waals surface area (Å²) >= 11 is 0. The normalized spacial score (nSPS) is 30.1. The van der Waals surface area contributed by atoms with Crippen molar-refractivity contribution in [2.75, 3.05) is 33.2 Å². The average molecular weight is 211 g/mol. The van der Waals surface area contributed by atoms with Crippen molar-refractivity contribution in [1.82, 2.24) is 9.80 Å². The predicted octanol–water partition coefficient (Wildman–Crippen LogP) is 0.916. The van der Waals surface area contributed by atoms with E-state index in [-0.39, 0.29) is 0 Å². The second kappa shape index (κ2) is 6.26. The Balaban J connectivity index is 2.60. The lowest BCUT2D eigenvalue weighted by molar-refractivity contribution is 0.190. The molecule has 0 spiro atoms. The van der Waals surface area contributed by atoms with Crippen molar-refractivity contribution < 1.29 is 0 Å². The molecule has 0 bridgehead atoms. The minimum Gasteiger partial charge on any atom is -0.330 e. The summed E-state index contributed by atoms with van der Waals surface area (Å²) in [5.74, 6) is 0. The summed E-state index contributed by atoms with van der Waals surface area (Å²) in [5.41, 5.74) is 5.66. The standard InChI is InChI=1S/C12H25N3/c1-4-8-15-10-12(5-7-13)14(3)9-6-11(15)2/h4,11-12H,1,5-10,13H2,2-3H3. The van der Waals surface area contributed by atoms with E-state index >= 15 is 0 Å². The molecule has 0 saturated carbocycles. The van der Waals surface area contributed by atoms with Crippen LogP contribution < -0.4 is 5.73 Å². The molecule has 0 amide bonds. The highest BCUT2D eigenvalue weighted by Crippen LogP contribution is 2.15. The van der Waals surface area contributed by atoms with Gasteiger partial charge in [0.2, 0.25) is 0 Å². The van der Waals surface area contributed by atoms with Gasteiger partial charge in [0.05, 0.1) is 0 Å². The molecule has 1 aliphatic rings. The Morgan fingerprint density at radius 1 is 1.53 bits per heavy atom. The van der Waals surface area contributed by atoms with Gasteiger partial charge in [-0.25, -0.2) is 0 Å². The number of likely N-dealkylation sites (N-methyl/N-ethyl adjacent to an activating group) is 1. The van der Waals surface area contributed by atoms with Crippen molar-refractivity contribution in [3.63, 3.8) is 0 Å². The lowest BCUT2D eigenvalue weighted by Gasteiger charge is -2.30. The van der Waals surface area contributed by atoms with Crippen LogP contribution in [0.3, 0.4) is 0 Å². The summed E-state index contributed by atoms with van der Waals surface area (Å²) in [6.07, 6.45) is 4.34. The van der Waals surface area contributed by atoms with E-state index in [1.807, 2.05) is 6.08 Å². The van der Waals surface area contributed by atoms with Gasteiger partial charge in [0, 0.05) is 25.2 Å². The fourth-order valence-corrected chi connectivity index (χ4v) is 2.27. The van der Waals surface area contributed by atoms with Crippen molar-refractivity contribution in [2.45, 2.75) is 31.8 Å². The molecule has 0 aromatic rings. The van der Waals surface area contributed by atoms with Crippen molar-refractivity contribution >= 4 is 0 Å². The van der Waals surface area contributed by atoms with Crippen LogP contribution in [0.1, 0.15) is 19.8 Å². The Hall–Kier alpha value is -0.380. The molecule has 1 saturated heterocycles. The number of rotatable bonds is 4. The zero-order valence-electron chi connectivity index (χ0n) is 10.2. The van der Waals surface area contributed by atoms with E-state index in [4.69, 9.17) is 5.73 Å². The molecule has 1 rings (SSSR count). The van der Waals surface area contributed by atoms with Gasteiger partial charge in [0.15, 0.2) is 0 Å². The molecule has 3 nitrogen and oxygen atoms in total. The van der Waals surface area contributed by atoms with Gasteiger partial charge in [-0.05, 0) is 39.9 Å². The fraction of sp³-hybridized carbons (Fsp3) is 0.833. The van der Waals surface area contributed by atoms with Gasteiger partial charge in [-0.1, -0.05) is 6.08 Å². The van der Waals surface area contributed by atoms with E-state index in [0.29, 0.717) is 12.1 Å². The third-order valence-corrected chi connectivity index (χ3v) is 3.46. The highest BCUT2D eigenvalue weighted by atomic mass is 15.2. The van der Waals surface area contributed by atoms with Crippen molar-refractivity contribution in [3.8, 4) is 0 Å². The molecule has 3 heteroatoms. The molecular weight excluding hydrogens is 186 g/mol. The zero-order valence-corrected chi connectivity index (χ0v) is 10.2. The zero-order chi connectivity index (χ0) is 11.3. The highest BCUT2D eigenvalue weighted by molar-refractivity contribution is 4.85. The molecule has 0 aromatic heterocycles. The summed E-state index contributed by atoms with van der Waals surface area (Å²) in [6, 6.07) is 1.27. The SMILES string of the molecule is C=CCN1CC(CCN)N(C)CCC1C. The van der Waals surface area contributed by atoms with Crippen LogP contribution in [0.4, 0.5) is 0 Å². The van der Waals surface area contributed by atoms with Crippen LogP contribution in [0.15, 0.2) is 12.7 Å². The van der Waals surface area contributed by atoms with Crippen molar-refractivity contribution in [3.05, 3.63) is 12.7 Å². The number of nitrogens with zero attached hydrogens (tertiary/aromatic N) is 2. The summed E-state index contributed by atoms with van der Waals surface area (Å²) in [6.45, 7) is 10.2. The number of hydrogen-bond donors (Lipinski definition) is 1. The predicted molar refractivity (Wildman–Crippen MR) is 65.9 cm³/mol. The van der Waals surface area contributed by atoms with E-state index in [1.165, 1.54) is 13.0 Å². The molecule has 1 aliphatic heterocycles. The van der Waals surface area contributed by atoms with Gasteiger partial charge in [0.1, 0.15) is 0 Å². The van der Waals surface area contributed by atoms with E-state index < -0.39 is 0 Å². The van der Waals surface area contributed by atoms with Crippen LogP contribution in [-0.4, -0.2) is 55.1 Å². The van der Waals surface area contributed by atoms with E-state index in [0.717, 1.165) is 26.1 Å². The van der Waals surface area contributed by atoms with Gasteiger partial charge < -0.3 is 10.6 Å². The first-order valence-corrected chi connectivity index (χ1v) is 5.94. The van der Waals surface area contributed by atoms with Gasteiger partial charge in [-0.3, -0.25) is 4.90 Å². The van der Waals surface area contributed by atoms with Crippen LogP contribution >= 0.6 is 0 Å². The Bertz CT molecular complexity index is 193. The fourth-order valence-electron chi connectivity index (χ4n) is 2.27. The van der Waals surface area contributed by atoms with E-state index in [9.17, 15) is 0 Å². The lowest BCUT2D eigenvalue weighted by Crippen LogP contribution is -2.41. The maximum atomic E-state index is 5.66. The lowest BCUT2D eigenvalue weighted by atomic mass is 10.1. The second-order valence-corrected chi connectivity index (χ2v) is 4.59. The highest BCUT2D eigenvalue weighted by Gasteiger charge is 2.24. The molecule has 0 aliphatic carbocycles. The number of hydrogen-bond acceptors (Lipinski definition) is 3. The monoisotopic (exact) mass is 211 g/mol. The van der Waals surface area contributed by atoms with Crippen LogP contribution in [0.2, 0.25) is 0 Å². The maximum absolute atomic E-state index is 5.66. The molecule has 2 atom stereocenters. The van der Waals surface area contributed by atoms with Crippen LogP contribution in [0.5, 0.6) is 0 Å². The van der Waals surface area contributed by atoms with Gasteiger partial charge in [0.25, 0.3) is 0 Å². The van der Waals surface area contributed by atoms with Gasteiger partial charge >= 0.3 is 0 Å². The van der Waals surface area contributed by atoms with Crippen LogP contribution in [0.25, 0.3) is 0 Å². The van der Waals surface area contributed by atoms with E-state index in [1.54, 1.807) is 0 Å². The molecule has 0 radical (unpaired) electrons. The third kappa shape index (κ3) is 3.59. The molecule has 2 unspecified atom stereocenters. The Kier molecular flexibility index (Phi) is 5.29. The molecule has 15 heavy (non-hydrogen) atoms. The first-order valence-electron chi connectivity index (χ1n) is 5.94. The largest absolute Gasteiger partial charge is 0.330 e. The average Bonchev–Trinajstić information content (AvgIpc) is 2.34. The van der Waals surface area contributed by atoms with Crippen LogP contribution in [-0.2, 0) is 0 Å². The molecule has 0 aromatic carbocycles. The summed E-state index contributed by atoms with van der Waals surface area (Å²) < 4.78 is 0. The summed E-state index contributed by atoms with van der Waals surface area (Å²) in [5, 5.41) is 0. The first-order chi connectivity index (χ1) is 7.19. The van der Waals surface area contributed by atoms with Crippen molar-refractivity contribution in [1.29, 1.82) is 0 Å². The Morgan fingerprint density at radius 2 is 2.27 bits per heavy atom. The van der Waals surface area contributed by atoms with Crippen molar-refractivity contribution in [2.24, 2.45) is 5.73 Å². The third-order valence-electron chi connectivity index (χ3n) is 3.46. The Morgan fingerprint density at radius 3 is 2.87 bits per heavy atom. The minimum atomic E-state index is 0.611. The molecular formula is C12H25N3. The van der Waals surface area contributed by atoms with E-state index in [2.05, 4.69) is 30.4 Å². The number of nitrogens with two attached hydrogens (primary N) is 1. The molecule has 2 N–H and O–H groups in total. The maximum Gasteiger partial charge on any atom is 0.0232 e. The van der Waals surface area contributed by atoms with Crippen LogP contribution in [0, 0.1) is 0 Å². The van der Waals surface area contributed by atoms with Gasteiger partial charge in [-0.15, -0.1) is 6.58 Å². The first kappa shape index (κ1) is 12.7. The second-order valence-electron chi connectivity index (χ2n) is 4.59.